The maximum Gasteiger partial charge on any atom is 0.272 e. The topological polar surface area (TPSA) is 70.4 Å². The van der Waals surface area contributed by atoms with Gasteiger partial charge < -0.3 is 9.47 Å². The van der Waals surface area contributed by atoms with E-state index >= 15 is 0 Å². The van der Waals surface area contributed by atoms with Crippen LogP contribution in [0, 0.1) is 6.92 Å². The van der Waals surface area contributed by atoms with Crippen molar-refractivity contribution in [2.75, 3.05) is 14.2 Å². The van der Waals surface area contributed by atoms with E-state index in [0.717, 1.165) is 3.97 Å². The molecule has 1 heterocycles. The first-order chi connectivity index (χ1) is 10.3. The summed E-state index contributed by atoms with van der Waals surface area (Å²) >= 11 is 6.02. The summed E-state index contributed by atoms with van der Waals surface area (Å²) in [5.74, 6) is 0.864. The Morgan fingerprint density at radius 3 is 2.41 bits per heavy atom. The van der Waals surface area contributed by atoms with Crippen molar-refractivity contribution >= 4 is 21.6 Å². The van der Waals surface area contributed by atoms with Gasteiger partial charge in [-0.3, -0.25) is 0 Å². The molecule has 2 aromatic rings. The van der Waals surface area contributed by atoms with Gasteiger partial charge in [0.25, 0.3) is 10.0 Å². The number of aryl methyl sites for hydroxylation is 2. The minimum atomic E-state index is -3.86. The van der Waals surface area contributed by atoms with Crippen LogP contribution in [-0.2, 0) is 16.4 Å². The van der Waals surface area contributed by atoms with E-state index in [4.69, 9.17) is 21.1 Å². The van der Waals surface area contributed by atoms with Crippen LogP contribution in [0.15, 0.2) is 23.2 Å². The molecule has 22 heavy (non-hydrogen) atoms. The molecule has 0 amide bonds. The number of aromatic nitrogens is 2. The molecular formula is C14H17ClN2O4S. The molecule has 0 bridgehead atoms. The first-order valence-corrected chi connectivity index (χ1v) is 8.38. The lowest BCUT2D eigenvalue weighted by Gasteiger charge is -2.14. The Balaban J connectivity index is 2.72. The quantitative estimate of drug-likeness (QED) is 0.834. The number of rotatable bonds is 5. The zero-order valence-corrected chi connectivity index (χ0v) is 14.3. The maximum atomic E-state index is 12.9. The second kappa shape index (κ2) is 6.18. The summed E-state index contributed by atoms with van der Waals surface area (Å²) in [5.41, 5.74) is 0.625. The Morgan fingerprint density at radius 2 is 1.86 bits per heavy atom. The number of hydrogen-bond donors (Lipinski definition) is 0. The molecule has 120 valence electrons. The third kappa shape index (κ3) is 2.78. The van der Waals surface area contributed by atoms with Gasteiger partial charge in [0, 0.05) is 24.8 Å². The highest BCUT2D eigenvalue weighted by atomic mass is 35.5. The summed E-state index contributed by atoms with van der Waals surface area (Å²) in [6.45, 7) is 3.58. The molecule has 1 aromatic carbocycles. The molecular weight excluding hydrogens is 328 g/mol. The third-order valence-corrected chi connectivity index (χ3v) is 5.16. The molecule has 0 fully saturated rings. The third-order valence-electron chi connectivity index (χ3n) is 3.16. The molecule has 0 N–H and O–H groups in total. The highest BCUT2D eigenvalue weighted by Crippen LogP contribution is 2.36. The Bertz CT molecular complexity index is 799. The number of ether oxygens (including phenoxy) is 2. The minimum absolute atomic E-state index is 0.0247. The molecule has 6 nitrogen and oxygen atoms in total. The fourth-order valence-electron chi connectivity index (χ4n) is 2.11. The lowest BCUT2D eigenvalue weighted by atomic mass is 10.3. The fraction of sp³-hybridized carbons (Fsp3) is 0.357. The summed E-state index contributed by atoms with van der Waals surface area (Å²) in [4.78, 5) is 4.20. The van der Waals surface area contributed by atoms with E-state index in [9.17, 15) is 8.42 Å². The number of hydrogen-bond acceptors (Lipinski definition) is 5. The molecule has 0 radical (unpaired) electrons. The van der Waals surface area contributed by atoms with Gasteiger partial charge in [-0.25, -0.2) is 17.4 Å². The second-order valence-electron chi connectivity index (χ2n) is 4.59. The van der Waals surface area contributed by atoms with Crippen LogP contribution in [0.1, 0.15) is 18.4 Å². The number of benzene rings is 1. The van der Waals surface area contributed by atoms with Gasteiger partial charge in [-0.1, -0.05) is 18.5 Å². The predicted molar refractivity (Wildman–Crippen MR) is 83.5 cm³/mol. The number of imidazole rings is 1. The molecule has 0 spiro atoms. The second-order valence-corrected chi connectivity index (χ2v) is 6.78. The van der Waals surface area contributed by atoms with Crippen LogP contribution in [0.5, 0.6) is 11.5 Å². The van der Waals surface area contributed by atoms with Crippen molar-refractivity contribution in [3.8, 4) is 11.5 Å². The minimum Gasteiger partial charge on any atom is -0.495 e. The van der Waals surface area contributed by atoms with E-state index in [1.807, 2.05) is 6.92 Å². The molecule has 1 aromatic heterocycles. The van der Waals surface area contributed by atoms with Crippen molar-refractivity contribution in [3.05, 3.63) is 34.9 Å². The molecule has 0 unspecified atom stereocenters. The van der Waals surface area contributed by atoms with Gasteiger partial charge in [0.1, 0.15) is 22.2 Å². The first-order valence-electron chi connectivity index (χ1n) is 6.57. The molecule has 0 aliphatic heterocycles. The molecule has 2 rings (SSSR count). The van der Waals surface area contributed by atoms with Gasteiger partial charge in [0.2, 0.25) is 0 Å². The van der Waals surface area contributed by atoms with Crippen molar-refractivity contribution in [2.45, 2.75) is 25.2 Å². The van der Waals surface area contributed by atoms with Crippen LogP contribution >= 0.6 is 11.6 Å². The lowest BCUT2D eigenvalue weighted by molar-refractivity contribution is 0.392. The largest absolute Gasteiger partial charge is 0.495 e. The molecule has 0 saturated heterocycles. The standard InChI is InChI=1S/C14H17ClN2O4S/c1-5-14-16-9(2)8-17(14)22(18,19)13-7-11(20-3)10(15)6-12(13)21-4/h6-8H,5H2,1-4H3. The maximum absolute atomic E-state index is 12.9. The van der Waals surface area contributed by atoms with Crippen molar-refractivity contribution in [1.29, 1.82) is 0 Å². The molecule has 0 aliphatic carbocycles. The van der Waals surface area contributed by atoms with Crippen molar-refractivity contribution < 1.29 is 17.9 Å². The number of nitrogens with zero attached hydrogens (tertiary/aromatic N) is 2. The smallest absolute Gasteiger partial charge is 0.272 e. The average molecular weight is 345 g/mol. The zero-order chi connectivity index (χ0) is 16.5. The van der Waals surface area contributed by atoms with Crippen molar-refractivity contribution in [3.63, 3.8) is 0 Å². The van der Waals surface area contributed by atoms with Gasteiger partial charge in [-0.15, -0.1) is 0 Å². The zero-order valence-electron chi connectivity index (χ0n) is 12.8. The first kappa shape index (κ1) is 16.6. The van der Waals surface area contributed by atoms with Crippen LogP contribution in [0.2, 0.25) is 5.02 Å². The van der Waals surface area contributed by atoms with Crippen LogP contribution in [0.25, 0.3) is 0 Å². The van der Waals surface area contributed by atoms with Crippen LogP contribution in [0.4, 0.5) is 0 Å². The van der Waals surface area contributed by atoms with E-state index in [1.54, 1.807) is 6.92 Å². The van der Waals surface area contributed by atoms with E-state index in [2.05, 4.69) is 4.98 Å². The normalized spacial score (nSPS) is 11.5. The van der Waals surface area contributed by atoms with Gasteiger partial charge in [-0.2, -0.15) is 0 Å². The Labute approximate surface area is 134 Å². The summed E-state index contributed by atoms with van der Waals surface area (Å²) in [6.07, 6.45) is 1.97. The van der Waals surface area contributed by atoms with Crippen molar-refractivity contribution in [1.82, 2.24) is 8.96 Å². The predicted octanol–water partition coefficient (Wildman–Crippen LogP) is 2.66. The van der Waals surface area contributed by atoms with Crippen LogP contribution in [-0.4, -0.2) is 31.6 Å². The summed E-state index contributed by atoms with van der Waals surface area (Å²) in [6, 6.07) is 2.77. The summed E-state index contributed by atoms with van der Waals surface area (Å²) in [5, 5.41) is 0.274. The Hall–Kier alpha value is -1.73. The molecule has 0 aliphatic rings. The lowest BCUT2D eigenvalue weighted by Crippen LogP contribution is -2.16. The van der Waals surface area contributed by atoms with E-state index in [-0.39, 0.29) is 21.4 Å². The number of halogens is 1. The van der Waals surface area contributed by atoms with Crippen molar-refractivity contribution in [2.24, 2.45) is 0 Å². The monoisotopic (exact) mass is 344 g/mol. The Kier molecular flexibility index (Phi) is 4.67. The van der Waals surface area contributed by atoms with E-state index in [1.165, 1.54) is 32.5 Å². The molecule has 0 atom stereocenters. The van der Waals surface area contributed by atoms with Gasteiger partial charge in [-0.05, 0) is 6.92 Å². The van der Waals surface area contributed by atoms with E-state index < -0.39 is 10.0 Å². The fourth-order valence-corrected chi connectivity index (χ4v) is 3.94. The van der Waals surface area contributed by atoms with Gasteiger partial charge >= 0.3 is 0 Å². The Morgan fingerprint density at radius 1 is 1.23 bits per heavy atom. The van der Waals surface area contributed by atoms with E-state index in [0.29, 0.717) is 17.9 Å². The van der Waals surface area contributed by atoms with Gasteiger partial charge in [0.05, 0.1) is 24.9 Å². The highest BCUT2D eigenvalue weighted by Gasteiger charge is 2.26. The summed E-state index contributed by atoms with van der Waals surface area (Å²) in [7, 11) is -1.06. The highest BCUT2D eigenvalue weighted by molar-refractivity contribution is 7.90. The average Bonchev–Trinajstić information content (AvgIpc) is 2.88. The summed E-state index contributed by atoms with van der Waals surface area (Å²) < 4.78 is 37.3. The number of methoxy groups -OCH3 is 2. The van der Waals surface area contributed by atoms with Crippen LogP contribution < -0.4 is 9.47 Å². The molecule has 0 saturated carbocycles. The SMILES string of the molecule is CCc1nc(C)cn1S(=O)(=O)c1cc(OC)c(Cl)cc1OC. The molecule has 8 heteroatoms. The van der Waals surface area contributed by atoms with Crippen LogP contribution in [0.3, 0.4) is 0 Å². The van der Waals surface area contributed by atoms with Gasteiger partial charge in [0.15, 0.2) is 0 Å².